The lowest BCUT2D eigenvalue weighted by Gasteiger charge is -2.35. The minimum Gasteiger partial charge on any atom is -0.481 e. The Kier molecular flexibility index (Phi) is 5.27. The Morgan fingerprint density at radius 3 is 2.46 bits per heavy atom. The molecule has 2 aliphatic rings. The van der Waals surface area contributed by atoms with Crippen LogP contribution in [0.4, 0.5) is 11.8 Å². The number of aromatic nitrogens is 3. The van der Waals surface area contributed by atoms with Crippen molar-refractivity contribution in [2.24, 2.45) is 0 Å². The zero-order valence-electron chi connectivity index (χ0n) is 16.5. The highest BCUT2D eigenvalue weighted by Gasteiger charge is 2.25. The molecule has 0 spiro atoms. The molecule has 2 aliphatic heterocycles. The fraction of sp³-hybridized carbons (Fsp3) is 0.500. The van der Waals surface area contributed by atoms with Crippen molar-refractivity contribution in [3.05, 3.63) is 35.7 Å². The predicted octanol–water partition coefficient (Wildman–Crippen LogP) is 1.75. The topological polar surface area (TPSA) is 74.7 Å². The first kappa shape index (κ1) is 18.5. The molecule has 4 heterocycles. The van der Waals surface area contributed by atoms with Gasteiger partial charge in [0.15, 0.2) is 0 Å². The van der Waals surface area contributed by atoms with Gasteiger partial charge in [0, 0.05) is 68.9 Å². The molecule has 2 saturated heterocycles. The van der Waals surface area contributed by atoms with Crippen molar-refractivity contribution < 1.29 is 9.53 Å². The first-order valence-corrected chi connectivity index (χ1v) is 9.79. The number of nitrogens with zero attached hydrogens (tertiary/aromatic N) is 6. The van der Waals surface area contributed by atoms with Gasteiger partial charge in [-0.1, -0.05) is 0 Å². The summed E-state index contributed by atoms with van der Waals surface area (Å²) >= 11 is 0. The van der Waals surface area contributed by atoms with E-state index in [4.69, 9.17) is 9.72 Å². The molecule has 8 nitrogen and oxygen atoms in total. The van der Waals surface area contributed by atoms with Gasteiger partial charge in [-0.05, 0) is 25.8 Å². The van der Waals surface area contributed by atoms with Crippen molar-refractivity contribution in [3.63, 3.8) is 0 Å². The maximum absolute atomic E-state index is 12.8. The third-order valence-electron chi connectivity index (χ3n) is 5.30. The number of carbonyl (C=O) groups excluding carboxylic acids is 1. The van der Waals surface area contributed by atoms with E-state index in [1.54, 1.807) is 25.4 Å². The Balaban J connectivity index is 1.43. The molecule has 0 N–H and O–H groups in total. The van der Waals surface area contributed by atoms with E-state index >= 15 is 0 Å². The fourth-order valence-electron chi connectivity index (χ4n) is 3.73. The molecule has 0 bridgehead atoms. The number of pyridine rings is 1. The fourth-order valence-corrected chi connectivity index (χ4v) is 3.73. The average molecular weight is 382 g/mol. The summed E-state index contributed by atoms with van der Waals surface area (Å²) in [7, 11) is 1.55. The first-order valence-electron chi connectivity index (χ1n) is 9.79. The third-order valence-corrected chi connectivity index (χ3v) is 5.30. The van der Waals surface area contributed by atoms with Gasteiger partial charge in [0.2, 0.25) is 11.8 Å². The molecule has 2 aromatic rings. The molecule has 0 aliphatic carbocycles. The molecule has 28 heavy (non-hydrogen) atoms. The van der Waals surface area contributed by atoms with E-state index in [1.165, 1.54) is 12.8 Å². The summed E-state index contributed by atoms with van der Waals surface area (Å²) in [4.78, 5) is 32.6. The zero-order valence-corrected chi connectivity index (χ0v) is 16.5. The Bertz CT molecular complexity index is 844. The van der Waals surface area contributed by atoms with Gasteiger partial charge in [-0.3, -0.25) is 4.79 Å². The van der Waals surface area contributed by atoms with Crippen molar-refractivity contribution in [1.29, 1.82) is 0 Å². The van der Waals surface area contributed by atoms with Crippen LogP contribution in [0.15, 0.2) is 24.4 Å². The van der Waals surface area contributed by atoms with Gasteiger partial charge >= 0.3 is 0 Å². The highest BCUT2D eigenvalue weighted by atomic mass is 16.5. The van der Waals surface area contributed by atoms with Crippen LogP contribution in [0, 0.1) is 6.92 Å². The van der Waals surface area contributed by atoms with Crippen LogP contribution in [-0.4, -0.2) is 72.1 Å². The monoisotopic (exact) mass is 382 g/mol. The lowest BCUT2D eigenvalue weighted by molar-refractivity contribution is 0.0745. The number of methoxy groups -OCH3 is 1. The number of anilines is 2. The van der Waals surface area contributed by atoms with E-state index in [9.17, 15) is 4.79 Å². The highest BCUT2D eigenvalue weighted by Crippen LogP contribution is 2.22. The summed E-state index contributed by atoms with van der Waals surface area (Å²) in [5.74, 6) is 2.23. The van der Waals surface area contributed by atoms with Crippen molar-refractivity contribution >= 4 is 17.7 Å². The average Bonchev–Trinajstić information content (AvgIpc) is 3.28. The van der Waals surface area contributed by atoms with Gasteiger partial charge in [-0.2, -0.15) is 4.98 Å². The maximum atomic E-state index is 12.8. The molecule has 2 aromatic heterocycles. The zero-order chi connectivity index (χ0) is 19.5. The Morgan fingerprint density at radius 1 is 1.00 bits per heavy atom. The van der Waals surface area contributed by atoms with E-state index in [0.717, 1.165) is 43.6 Å². The second kappa shape index (κ2) is 8.00. The Hall–Kier alpha value is -2.90. The molecule has 0 atom stereocenters. The van der Waals surface area contributed by atoms with Crippen molar-refractivity contribution in [1.82, 2.24) is 19.9 Å². The summed E-state index contributed by atoms with van der Waals surface area (Å²) < 4.78 is 5.12. The molecule has 148 valence electrons. The Morgan fingerprint density at radius 2 is 1.75 bits per heavy atom. The lowest BCUT2D eigenvalue weighted by atomic mass is 10.2. The summed E-state index contributed by atoms with van der Waals surface area (Å²) in [5, 5.41) is 0. The van der Waals surface area contributed by atoms with Crippen LogP contribution in [0.3, 0.4) is 0 Å². The summed E-state index contributed by atoms with van der Waals surface area (Å²) in [6, 6.07) is 5.47. The number of carbonyl (C=O) groups is 1. The minimum atomic E-state index is 0.00302. The molecule has 0 radical (unpaired) electrons. The van der Waals surface area contributed by atoms with Crippen LogP contribution in [0.2, 0.25) is 0 Å². The number of hydrogen-bond acceptors (Lipinski definition) is 7. The van der Waals surface area contributed by atoms with Gasteiger partial charge in [-0.15, -0.1) is 0 Å². The van der Waals surface area contributed by atoms with Crippen LogP contribution >= 0.6 is 0 Å². The maximum Gasteiger partial charge on any atom is 0.254 e. The number of amides is 1. The smallest absolute Gasteiger partial charge is 0.254 e. The van der Waals surface area contributed by atoms with Gasteiger partial charge in [0.1, 0.15) is 5.82 Å². The molecule has 2 fully saturated rings. The quantitative estimate of drug-likeness (QED) is 0.797. The van der Waals surface area contributed by atoms with Crippen LogP contribution in [0.5, 0.6) is 5.88 Å². The number of ether oxygens (including phenoxy) is 1. The van der Waals surface area contributed by atoms with E-state index in [2.05, 4.69) is 25.8 Å². The number of piperazine rings is 1. The van der Waals surface area contributed by atoms with E-state index in [1.807, 2.05) is 11.8 Å². The SMILES string of the molecule is COc1cc(C(=O)N2CCN(c3nc(C)cc(N4CCCC4)n3)CC2)ccn1. The highest BCUT2D eigenvalue weighted by molar-refractivity contribution is 5.94. The summed E-state index contributed by atoms with van der Waals surface area (Å²) in [5.41, 5.74) is 1.58. The first-order chi connectivity index (χ1) is 13.6. The molecule has 0 saturated carbocycles. The standard InChI is InChI=1S/C20H26N6O2/c1-15-13-17(24-7-3-4-8-24)23-20(22-15)26-11-9-25(10-12-26)19(27)16-5-6-21-18(14-16)28-2/h5-6,13-14H,3-4,7-12H2,1-2H3. The van der Waals surface area contributed by atoms with Crippen molar-refractivity contribution in [2.75, 3.05) is 56.2 Å². The number of rotatable bonds is 4. The second-order valence-electron chi connectivity index (χ2n) is 7.23. The van der Waals surface area contributed by atoms with Gasteiger partial charge < -0.3 is 19.4 Å². The normalized spacial score (nSPS) is 17.1. The summed E-state index contributed by atoms with van der Waals surface area (Å²) in [6.45, 7) is 6.86. The van der Waals surface area contributed by atoms with Crippen LogP contribution in [0.1, 0.15) is 28.9 Å². The van der Waals surface area contributed by atoms with E-state index in [0.29, 0.717) is 24.5 Å². The van der Waals surface area contributed by atoms with Gasteiger partial charge in [0.25, 0.3) is 5.91 Å². The number of aryl methyl sites for hydroxylation is 1. The second-order valence-corrected chi connectivity index (χ2v) is 7.23. The largest absolute Gasteiger partial charge is 0.481 e. The van der Waals surface area contributed by atoms with Crippen LogP contribution in [-0.2, 0) is 0 Å². The lowest BCUT2D eigenvalue weighted by Crippen LogP contribution is -2.49. The van der Waals surface area contributed by atoms with Gasteiger partial charge in [0.05, 0.1) is 7.11 Å². The molecule has 8 heteroatoms. The predicted molar refractivity (Wildman–Crippen MR) is 107 cm³/mol. The number of hydrogen-bond donors (Lipinski definition) is 0. The molecular weight excluding hydrogens is 356 g/mol. The van der Waals surface area contributed by atoms with E-state index < -0.39 is 0 Å². The van der Waals surface area contributed by atoms with E-state index in [-0.39, 0.29) is 5.91 Å². The molecule has 0 unspecified atom stereocenters. The molecular formula is C20H26N6O2. The van der Waals surface area contributed by atoms with Crippen LogP contribution in [0.25, 0.3) is 0 Å². The van der Waals surface area contributed by atoms with Crippen molar-refractivity contribution in [2.45, 2.75) is 19.8 Å². The minimum absolute atomic E-state index is 0.00302. The summed E-state index contributed by atoms with van der Waals surface area (Å²) in [6.07, 6.45) is 4.04. The van der Waals surface area contributed by atoms with Crippen molar-refractivity contribution in [3.8, 4) is 5.88 Å². The molecule has 1 amide bonds. The third kappa shape index (κ3) is 3.85. The van der Waals surface area contributed by atoms with Crippen LogP contribution < -0.4 is 14.5 Å². The van der Waals surface area contributed by atoms with Gasteiger partial charge in [-0.25, -0.2) is 9.97 Å². The molecule has 0 aromatic carbocycles. The Labute approximate surface area is 165 Å². The molecule has 4 rings (SSSR count).